The van der Waals surface area contributed by atoms with Crippen molar-refractivity contribution in [3.63, 3.8) is 0 Å². The number of carbonyl (C=O) groups is 5. The Bertz CT molecular complexity index is 2070. The number of amides is 4. The van der Waals surface area contributed by atoms with Crippen molar-refractivity contribution in [2.24, 2.45) is 29.1 Å². The van der Waals surface area contributed by atoms with Crippen LogP contribution >= 0.6 is 11.3 Å². The molecule has 0 saturated carbocycles. The summed E-state index contributed by atoms with van der Waals surface area (Å²) < 4.78 is 6.08. The van der Waals surface area contributed by atoms with E-state index in [4.69, 9.17) is 9.84 Å². The number of carboxylic acids is 1. The molecule has 1 aromatic heterocycles. The fourth-order valence-corrected chi connectivity index (χ4v) is 11.0. The van der Waals surface area contributed by atoms with Gasteiger partial charge in [-0.3, -0.25) is 19.2 Å². The van der Waals surface area contributed by atoms with E-state index in [1.807, 2.05) is 57.5 Å². The molecule has 15 nitrogen and oxygen atoms in total. The molecule has 0 radical (unpaired) electrons. The summed E-state index contributed by atoms with van der Waals surface area (Å²) in [4.78, 5) is 71.5. The second kappa shape index (κ2) is 26.5. The number of aryl methyl sites for hydroxylation is 1. The predicted molar refractivity (Wildman–Crippen MR) is 267 cm³/mol. The number of aliphatic hydroxyl groups is 3. The number of nitrogens with zero attached hydrogens (tertiary/aromatic N) is 2. The first-order valence-corrected chi connectivity index (χ1v) is 26.2. The van der Waals surface area contributed by atoms with Crippen molar-refractivity contribution < 1.29 is 49.1 Å². The summed E-state index contributed by atoms with van der Waals surface area (Å²) in [6.07, 6.45) is 12.3. The molecule has 2 aromatic rings. The Hall–Kier alpha value is -4.64. The average Bonchev–Trinajstić information content (AvgIpc) is 3.90. The Morgan fingerprint density at radius 1 is 0.928 bits per heavy atom. The Kier molecular flexibility index (Phi) is 21.3. The van der Waals surface area contributed by atoms with Crippen LogP contribution in [0.4, 0.5) is 4.79 Å². The number of allylic oxidation sites excluding steroid dienone is 3. The lowest BCUT2D eigenvalue weighted by molar-refractivity contribution is -0.144. The van der Waals surface area contributed by atoms with Gasteiger partial charge < -0.3 is 46.0 Å². The van der Waals surface area contributed by atoms with Gasteiger partial charge in [0.1, 0.15) is 18.2 Å². The number of aliphatic carboxylic acids is 1. The van der Waals surface area contributed by atoms with E-state index in [1.165, 1.54) is 4.90 Å². The molecule has 3 aliphatic rings. The smallest absolute Gasteiger partial charge is 0.407 e. The number of β-amino-alcohol motifs (C(OH)–C–C–N with tert-alkyl or cyclic N) is 1. The molecular weight excluding hydrogens is 899 g/mol. The monoisotopic (exact) mass is 978 g/mol. The van der Waals surface area contributed by atoms with Crippen LogP contribution in [0, 0.1) is 36.0 Å². The average molecular weight is 978 g/mol. The number of ether oxygens (including phenoxy) is 1. The summed E-state index contributed by atoms with van der Waals surface area (Å²) in [5.74, 6) is -1.47. The van der Waals surface area contributed by atoms with E-state index in [0.29, 0.717) is 32.2 Å². The number of unbranched alkanes of at least 4 members (excludes halogenated alkanes) is 7. The summed E-state index contributed by atoms with van der Waals surface area (Å²) in [6.45, 7) is 12.7. The number of thiazole rings is 1. The van der Waals surface area contributed by atoms with E-state index in [9.17, 15) is 39.3 Å². The first-order valence-electron chi connectivity index (χ1n) is 25.3. The van der Waals surface area contributed by atoms with Crippen molar-refractivity contribution in [2.45, 2.75) is 181 Å². The number of nitrogens with one attached hydrogen (secondary N) is 3. The molecule has 1 saturated heterocycles. The van der Waals surface area contributed by atoms with E-state index in [1.54, 1.807) is 11.3 Å². The molecule has 69 heavy (non-hydrogen) atoms. The maximum Gasteiger partial charge on any atom is 0.407 e. The van der Waals surface area contributed by atoms with Crippen molar-refractivity contribution in [1.29, 1.82) is 0 Å². The van der Waals surface area contributed by atoms with Gasteiger partial charge >= 0.3 is 12.1 Å². The van der Waals surface area contributed by atoms with Crippen molar-refractivity contribution in [3.05, 3.63) is 64.8 Å². The lowest BCUT2D eigenvalue weighted by atomic mass is 9.65. The molecule has 0 bridgehead atoms. The summed E-state index contributed by atoms with van der Waals surface area (Å²) in [6, 6.07) is 6.20. The van der Waals surface area contributed by atoms with Crippen LogP contribution < -0.4 is 16.0 Å². The molecule has 10 atom stereocenters. The first kappa shape index (κ1) is 55.3. The fourth-order valence-electron chi connectivity index (χ4n) is 10.2. The van der Waals surface area contributed by atoms with Crippen molar-refractivity contribution in [2.75, 3.05) is 13.1 Å². The number of carbonyl (C=O) groups excluding carboxylic acids is 4. The van der Waals surface area contributed by atoms with Gasteiger partial charge in [0, 0.05) is 38.4 Å². The maximum atomic E-state index is 14.0. The molecule has 16 heteroatoms. The van der Waals surface area contributed by atoms with Gasteiger partial charge in [-0.15, -0.1) is 11.3 Å². The zero-order valence-corrected chi connectivity index (χ0v) is 42.5. The Morgan fingerprint density at radius 3 is 2.26 bits per heavy atom. The number of aliphatic hydroxyl groups excluding tert-OH is 3. The second-order valence-corrected chi connectivity index (χ2v) is 21.8. The summed E-state index contributed by atoms with van der Waals surface area (Å²) in [5.41, 5.74) is 5.27. The number of alkyl carbamates (subject to hydrolysis) is 1. The Balaban J connectivity index is 0.953. The van der Waals surface area contributed by atoms with E-state index in [2.05, 4.69) is 53.0 Å². The first-order chi connectivity index (χ1) is 32.8. The molecule has 0 spiro atoms. The van der Waals surface area contributed by atoms with E-state index in [0.717, 1.165) is 72.2 Å². The third-order valence-corrected chi connectivity index (χ3v) is 14.9. The molecule has 2 aliphatic carbocycles. The Labute approximate surface area is 413 Å². The van der Waals surface area contributed by atoms with Crippen LogP contribution in [0.5, 0.6) is 0 Å². The van der Waals surface area contributed by atoms with Crippen LogP contribution in [0.1, 0.15) is 142 Å². The highest BCUT2D eigenvalue weighted by Crippen LogP contribution is 2.45. The zero-order chi connectivity index (χ0) is 50.3. The largest absolute Gasteiger partial charge is 0.481 e. The maximum absolute atomic E-state index is 14.0. The summed E-state index contributed by atoms with van der Waals surface area (Å²) in [7, 11) is 0. The zero-order valence-electron chi connectivity index (χ0n) is 41.7. The second-order valence-electron chi connectivity index (χ2n) is 20.9. The van der Waals surface area contributed by atoms with Crippen LogP contribution in [0.3, 0.4) is 0 Å². The molecule has 2 heterocycles. The normalized spacial score (nSPS) is 23.6. The minimum Gasteiger partial charge on any atom is -0.481 e. The SMILES string of the molecule is Cc1ncsc1-c1ccc(CNC(=O)[C@@H]2C[C@@H](O)CN2C(=O)[C@@H](NC(=O)CCCCCCCCCCNC(=O)O[C@H]2C[C@@H](C)C=C3C=C[C@H](C)[C@H](CC[C@@H](O)C[C@@H](O)CC(=O)O)[C@H]32)C(C)(C)C)cc1. The van der Waals surface area contributed by atoms with Gasteiger partial charge in [-0.1, -0.05) is 116 Å². The van der Waals surface area contributed by atoms with Crippen LogP contribution in [0.15, 0.2) is 53.6 Å². The lowest BCUT2D eigenvalue weighted by Crippen LogP contribution is -2.57. The molecular formula is C53H79N5O10S. The molecule has 4 amide bonds. The number of hydrogen-bond donors (Lipinski definition) is 7. The van der Waals surface area contributed by atoms with Gasteiger partial charge in [0.15, 0.2) is 0 Å². The topological polar surface area (TPSA) is 228 Å². The van der Waals surface area contributed by atoms with Gasteiger partial charge in [-0.05, 0) is 85.3 Å². The number of rotatable bonds is 25. The van der Waals surface area contributed by atoms with Crippen molar-refractivity contribution in [3.8, 4) is 10.4 Å². The van der Waals surface area contributed by atoms with Gasteiger partial charge in [0.25, 0.3) is 0 Å². The van der Waals surface area contributed by atoms with Gasteiger partial charge in [0.05, 0.1) is 40.8 Å². The van der Waals surface area contributed by atoms with Gasteiger partial charge in [-0.25, -0.2) is 9.78 Å². The summed E-state index contributed by atoms with van der Waals surface area (Å²) >= 11 is 1.58. The molecule has 1 fully saturated rings. The number of hydrogen-bond acceptors (Lipinski definition) is 11. The third kappa shape index (κ3) is 17.0. The molecule has 382 valence electrons. The fraction of sp³-hybridized carbons (Fsp3) is 0.660. The van der Waals surface area contributed by atoms with Crippen LogP contribution in [0.25, 0.3) is 10.4 Å². The standard InChI is InChI=1S/C53H79N5O10S/c1-33-25-38-19-16-34(2)42(23-22-39(59)27-40(60)29-46(63)64)47(38)44(26-33)68-52(67)54-24-14-12-10-8-7-9-11-13-15-45(62)57-49(53(4,5)6)51(66)58-31-41(61)28-43(58)50(65)55-30-36-17-20-37(21-18-36)48-35(3)56-32-69-48/h16-21,25,32-34,39-44,47,49,59-61H,7-15,22-24,26-31H2,1-6H3,(H,54,67)(H,55,65)(H,57,62)(H,63,64)/t33-,34-,39+,40+,41+,42-,43-,44-,47-,49+/m0/s1. The number of fused-ring (bicyclic) bond motifs is 1. The molecule has 1 aromatic carbocycles. The minimum atomic E-state index is -1.10. The highest BCUT2D eigenvalue weighted by molar-refractivity contribution is 7.13. The number of aromatic nitrogens is 1. The van der Waals surface area contributed by atoms with E-state index in [-0.39, 0.29) is 79.8 Å². The third-order valence-electron chi connectivity index (χ3n) is 14.0. The predicted octanol–water partition coefficient (Wildman–Crippen LogP) is 7.60. The molecule has 5 rings (SSSR count). The molecule has 0 unspecified atom stereocenters. The van der Waals surface area contributed by atoms with Crippen LogP contribution in [-0.2, 0) is 30.5 Å². The summed E-state index contributed by atoms with van der Waals surface area (Å²) in [5, 5.41) is 49.0. The van der Waals surface area contributed by atoms with E-state index < -0.39 is 54.3 Å². The van der Waals surface area contributed by atoms with Gasteiger partial charge in [-0.2, -0.15) is 0 Å². The van der Waals surface area contributed by atoms with Crippen LogP contribution in [0.2, 0.25) is 0 Å². The van der Waals surface area contributed by atoms with Crippen molar-refractivity contribution >= 4 is 41.1 Å². The molecule has 7 N–H and O–H groups in total. The number of likely N-dealkylation sites (tertiary alicyclic amines) is 1. The quantitative estimate of drug-likeness (QED) is 0.0479. The number of carboxylic acid groups (broad SMARTS) is 1. The molecule has 1 aliphatic heterocycles. The number of benzene rings is 1. The highest BCUT2D eigenvalue weighted by atomic mass is 32.1. The lowest BCUT2D eigenvalue weighted by Gasteiger charge is -2.43. The Morgan fingerprint density at radius 2 is 1.61 bits per heavy atom. The van der Waals surface area contributed by atoms with E-state index >= 15 is 0 Å². The van der Waals surface area contributed by atoms with Gasteiger partial charge in [0.2, 0.25) is 17.7 Å². The minimum absolute atomic E-state index is 0.00633. The highest BCUT2D eigenvalue weighted by Gasteiger charge is 2.45. The van der Waals surface area contributed by atoms with Crippen LogP contribution in [-0.4, -0.2) is 110 Å². The van der Waals surface area contributed by atoms with Crippen molar-refractivity contribution in [1.82, 2.24) is 25.8 Å².